The molecule has 2 atom stereocenters. The number of hydrogen-bond acceptors (Lipinski definition) is 7. The van der Waals surface area contributed by atoms with E-state index in [0.717, 1.165) is 16.6 Å². The molecule has 0 aliphatic carbocycles. The fraction of sp³-hybridized carbons (Fsp3) is 0.500. The van der Waals surface area contributed by atoms with Gasteiger partial charge in [0.1, 0.15) is 0 Å². The summed E-state index contributed by atoms with van der Waals surface area (Å²) in [4.78, 5) is 35.4. The van der Waals surface area contributed by atoms with E-state index in [1.54, 1.807) is 20.0 Å². The van der Waals surface area contributed by atoms with Gasteiger partial charge in [-0.1, -0.05) is 24.3 Å². The number of benzene rings is 1. The number of nitrogens with zero attached hydrogens (tertiary/aromatic N) is 4. The normalized spacial score (nSPS) is 13.8. The van der Waals surface area contributed by atoms with Gasteiger partial charge in [-0.05, 0) is 58.5 Å². The molecule has 0 aliphatic rings. The van der Waals surface area contributed by atoms with Crippen molar-refractivity contribution in [3.05, 3.63) is 42.5 Å². The fourth-order valence-electron chi connectivity index (χ4n) is 4.06. The molecule has 0 spiro atoms. The van der Waals surface area contributed by atoms with E-state index in [1.807, 2.05) is 18.6 Å². The van der Waals surface area contributed by atoms with Crippen LogP contribution < -0.4 is 5.32 Å². The number of likely N-dealkylation sites (N-methyl/N-ethyl adjacent to an activating group) is 1. The minimum absolute atomic E-state index is 0.109. The van der Waals surface area contributed by atoms with E-state index in [1.165, 1.54) is 24.0 Å². The fourth-order valence-corrected chi connectivity index (χ4v) is 4.99. The van der Waals surface area contributed by atoms with Crippen LogP contribution in [0.5, 0.6) is 0 Å². The lowest BCUT2D eigenvalue weighted by atomic mass is 9.88. The van der Waals surface area contributed by atoms with Gasteiger partial charge in [0.15, 0.2) is 5.13 Å². The molecule has 3 rings (SSSR count). The summed E-state index contributed by atoms with van der Waals surface area (Å²) in [7, 11) is 5.55. The number of anilines is 1. The van der Waals surface area contributed by atoms with E-state index in [-0.39, 0.29) is 24.3 Å². The third kappa shape index (κ3) is 5.78. The summed E-state index contributed by atoms with van der Waals surface area (Å²) in [6.45, 7) is 5.74. The topological polar surface area (TPSA) is 89.3 Å². The van der Waals surface area contributed by atoms with Crippen LogP contribution in [0.2, 0.25) is 0 Å². The molecule has 1 N–H and O–H groups in total. The maximum Gasteiger partial charge on any atom is 0.311 e. The van der Waals surface area contributed by atoms with Gasteiger partial charge < -0.3 is 19.5 Å². The van der Waals surface area contributed by atoms with Gasteiger partial charge in [0.25, 0.3) is 0 Å². The maximum atomic E-state index is 12.5. The molecular formula is C24H33N5O3S. The Morgan fingerprint density at radius 3 is 2.67 bits per heavy atom. The second-order valence-corrected chi connectivity index (χ2v) is 10.1. The van der Waals surface area contributed by atoms with Crippen LogP contribution in [0.4, 0.5) is 5.13 Å². The van der Waals surface area contributed by atoms with Crippen LogP contribution in [0.15, 0.2) is 36.9 Å². The number of hydrogen-bond donors (Lipinski definition) is 1. The van der Waals surface area contributed by atoms with Crippen LogP contribution in [-0.2, 0) is 14.3 Å². The van der Waals surface area contributed by atoms with Gasteiger partial charge in [-0.3, -0.25) is 9.59 Å². The smallest absolute Gasteiger partial charge is 0.311 e. The average Bonchev–Trinajstić information content (AvgIpc) is 3.44. The quantitative estimate of drug-likeness (QED) is 0.443. The van der Waals surface area contributed by atoms with Crippen LogP contribution in [0.1, 0.15) is 51.6 Å². The second kappa shape index (κ2) is 10.4. The van der Waals surface area contributed by atoms with Crippen LogP contribution in [0.25, 0.3) is 10.2 Å². The molecular weight excluding hydrogens is 438 g/mol. The lowest BCUT2D eigenvalue weighted by Gasteiger charge is -2.33. The number of methoxy groups -OCH3 is 1. The highest BCUT2D eigenvalue weighted by Gasteiger charge is 2.29. The minimum Gasteiger partial charge on any atom is -0.469 e. The van der Waals surface area contributed by atoms with Gasteiger partial charge in [-0.2, -0.15) is 0 Å². The number of aromatic nitrogens is 3. The van der Waals surface area contributed by atoms with Crippen molar-refractivity contribution < 1.29 is 14.3 Å². The Kier molecular flexibility index (Phi) is 7.86. The third-order valence-corrected chi connectivity index (χ3v) is 6.94. The first kappa shape index (κ1) is 24.9. The van der Waals surface area contributed by atoms with Crippen molar-refractivity contribution in [2.75, 3.05) is 26.5 Å². The molecule has 2 unspecified atom stereocenters. The lowest BCUT2D eigenvalue weighted by Crippen LogP contribution is -2.36. The molecule has 33 heavy (non-hydrogen) atoms. The van der Waals surface area contributed by atoms with Gasteiger partial charge >= 0.3 is 5.97 Å². The van der Waals surface area contributed by atoms with Crippen molar-refractivity contribution in [2.45, 2.75) is 52.1 Å². The molecule has 0 bridgehead atoms. The van der Waals surface area contributed by atoms with Crippen LogP contribution in [0, 0.1) is 5.41 Å². The van der Waals surface area contributed by atoms with Crippen molar-refractivity contribution in [2.24, 2.45) is 5.41 Å². The number of carbonyl (C=O) groups excluding carboxylic acids is 2. The Hall–Kier alpha value is -2.78. The number of thiazole rings is 1. The molecule has 0 fully saturated rings. The number of carbonyl (C=O) groups is 2. The molecule has 0 saturated carbocycles. The number of esters is 1. The van der Waals surface area contributed by atoms with Crippen LogP contribution >= 0.6 is 11.3 Å². The average molecular weight is 472 g/mol. The summed E-state index contributed by atoms with van der Waals surface area (Å²) in [6, 6.07) is 6.66. The standard InChI is InChI=1S/C24H33N5O3S/c1-7-18(28(4)5)21(29-13-12-25-15-29)16-8-9-17-19(14-16)33-23(26-17)27-20(30)10-11-24(2,3)22(31)32-6/h8-9,12-15,18,21H,7,10-11H2,1-6H3,(H,26,27,30). The lowest BCUT2D eigenvalue weighted by molar-refractivity contribution is -0.151. The van der Waals surface area contributed by atoms with E-state index >= 15 is 0 Å². The molecule has 0 saturated heterocycles. The Morgan fingerprint density at radius 1 is 1.30 bits per heavy atom. The minimum atomic E-state index is -0.709. The van der Waals surface area contributed by atoms with Gasteiger partial charge in [-0.25, -0.2) is 9.97 Å². The van der Waals surface area contributed by atoms with E-state index in [4.69, 9.17) is 4.74 Å². The highest BCUT2D eigenvalue weighted by molar-refractivity contribution is 7.22. The van der Waals surface area contributed by atoms with Crippen LogP contribution in [-0.4, -0.2) is 58.6 Å². The summed E-state index contributed by atoms with van der Waals surface area (Å²) in [5, 5.41) is 3.44. The summed E-state index contributed by atoms with van der Waals surface area (Å²) >= 11 is 1.45. The molecule has 0 aliphatic heterocycles. The highest BCUT2D eigenvalue weighted by atomic mass is 32.1. The Morgan fingerprint density at radius 2 is 2.06 bits per heavy atom. The number of rotatable bonds is 10. The largest absolute Gasteiger partial charge is 0.469 e. The summed E-state index contributed by atoms with van der Waals surface area (Å²) < 4.78 is 7.96. The van der Waals surface area contributed by atoms with Crippen molar-refractivity contribution in [3.63, 3.8) is 0 Å². The second-order valence-electron chi connectivity index (χ2n) is 9.06. The molecule has 2 heterocycles. The molecule has 8 nitrogen and oxygen atoms in total. The van der Waals surface area contributed by atoms with E-state index in [0.29, 0.717) is 17.6 Å². The monoisotopic (exact) mass is 471 g/mol. The van der Waals surface area contributed by atoms with E-state index in [9.17, 15) is 9.59 Å². The predicted molar refractivity (Wildman–Crippen MR) is 131 cm³/mol. The highest BCUT2D eigenvalue weighted by Crippen LogP contribution is 2.33. The van der Waals surface area contributed by atoms with Crippen molar-refractivity contribution in [1.82, 2.24) is 19.4 Å². The maximum absolute atomic E-state index is 12.5. The third-order valence-electron chi connectivity index (χ3n) is 6.01. The number of ether oxygens (including phenoxy) is 1. The van der Waals surface area contributed by atoms with E-state index in [2.05, 4.69) is 57.9 Å². The van der Waals surface area contributed by atoms with Gasteiger partial charge in [0, 0.05) is 24.9 Å². The number of amides is 1. The molecule has 2 aromatic heterocycles. The van der Waals surface area contributed by atoms with Crippen LogP contribution in [0.3, 0.4) is 0 Å². The molecule has 178 valence electrons. The first-order valence-corrected chi connectivity index (χ1v) is 11.9. The Labute approximate surface area is 199 Å². The summed E-state index contributed by atoms with van der Waals surface area (Å²) in [5.41, 5.74) is 1.30. The van der Waals surface area contributed by atoms with Gasteiger partial charge in [0.05, 0.1) is 35.1 Å². The molecule has 0 radical (unpaired) electrons. The number of nitrogens with one attached hydrogen (secondary N) is 1. The molecule has 3 aromatic rings. The van der Waals surface area contributed by atoms with Crippen molar-refractivity contribution >= 4 is 38.6 Å². The number of imidazole rings is 1. The Bertz CT molecular complexity index is 1090. The van der Waals surface area contributed by atoms with Gasteiger partial charge in [-0.15, -0.1) is 0 Å². The first-order valence-electron chi connectivity index (χ1n) is 11.1. The Balaban J connectivity index is 1.79. The zero-order valence-electron chi connectivity index (χ0n) is 20.2. The van der Waals surface area contributed by atoms with Gasteiger partial charge in [0.2, 0.25) is 5.91 Å². The summed E-state index contributed by atoms with van der Waals surface area (Å²) in [5.74, 6) is -0.487. The molecule has 1 aromatic carbocycles. The zero-order valence-corrected chi connectivity index (χ0v) is 21.0. The SMILES string of the molecule is CCC(C(c1ccc2nc(NC(=O)CCC(C)(C)C(=O)OC)sc2c1)n1ccnc1)N(C)C. The molecule has 1 amide bonds. The zero-order chi connectivity index (χ0) is 24.2. The predicted octanol–water partition coefficient (Wildman–Crippen LogP) is 4.34. The molecule has 9 heteroatoms. The first-order chi connectivity index (χ1) is 15.7. The number of fused-ring (bicyclic) bond motifs is 1. The van der Waals surface area contributed by atoms with Crippen molar-refractivity contribution in [1.29, 1.82) is 0 Å². The van der Waals surface area contributed by atoms with E-state index < -0.39 is 5.41 Å². The summed E-state index contributed by atoms with van der Waals surface area (Å²) in [6.07, 6.45) is 7.25. The van der Waals surface area contributed by atoms with Crippen molar-refractivity contribution in [3.8, 4) is 0 Å².